The normalized spacial score (nSPS) is 9.83. The van der Waals surface area contributed by atoms with Crippen LogP contribution in [0.3, 0.4) is 0 Å². The number of hydrogen-bond acceptors (Lipinski definition) is 6. The zero-order valence-corrected chi connectivity index (χ0v) is 71.5. The van der Waals surface area contributed by atoms with Crippen molar-refractivity contribution < 1.29 is 0 Å². The van der Waals surface area contributed by atoms with Gasteiger partial charge in [-0.15, -0.1) is 0 Å². The van der Waals surface area contributed by atoms with Gasteiger partial charge in [-0.2, -0.15) is 0 Å². The van der Waals surface area contributed by atoms with Crippen molar-refractivity contribution in [3.63, 3.8) is 0 Å². The molecule has 2 aromatic heterocycles. The van der Waals surface area contributed by atoms with Crippen LogP contribution in [0.1, 0.15) is 247 Å². The van der Waals surface area contributed by atoms with Crippen molar-refractivity contribution in [1.29, 1.82) is 0 Å². The quantitative estimate of drug-likeness (QED) is 0.175. The van der Waals surface area contributed by atoms with Crippen molar-refractivity contribution in [1.82, 2.24) is 29.9 Å². The summed E-state index contributed by atoms with van der Waals surface area (Å²) in [6, 6.07) is 80.7. The summed E-state index contributed by atoms with van der Waals surface area (Å²) < 4.78 is 0. The van der Waals surface area contributed by atoms with Gasteiger partial charge in [0.15, 0.2) is 23.3 Å². The van der Waals surface area contributed by atoms with Gasteiger partial charge >= 0.3 is 0 Å². The molecule has 0 amide bonds. The Bertz CT molecular complexity index is 4020. The Labute approximate surface area is 647 Å². The summed E-state index contributed by atoms with van der Waals surface area (Å²) in [4.78, 5) is 28.0. The Hall–Kier alpha value is -9.78. The first kappa shape index (κ1) is 96.2. The first-order chi connectivity index (χ1) is 52.3. The van der Waals surface area contributed by atoms with E-state index in [0.717, 1.165) is 82.9 Å². The maximum Gasteiger partial charge on any atom is 0.164 e. The van der Waals surface area contributed by atoms with E-state index in [0.29, 0.717) is 0 Å². The van der Waals surface area contributed by atoms with Gasteiger partial charge in [-0.1, -0.05) is 411 Å². The molecule has 6 nitrogen and oxygen atoms in total. The molecule has 0 aliphatic heterocycles. The third-order valence-corrected chi connectivity index (χ3v) is 15.8. The standard InChI is InChI=1S/2C23H17N3.2C14H12.13C2H6/c2*1-15-24-22(16-8-3-2-4-9-16)26-23(25-15)20-13-7-11-18-14-17-10-5-6-12-19(17)21(18)20;2*1-10-5-4-8-13-12-7-3-2-6-11(12)9-14(10)13;13*1-2/h2*2-13H,14H2,1H3;2*2-8H,9H2,1H3;13*1-2H3. The van der Waals surface area contributed by atoms with Crippen molar-refractivity contribution in [3.05, 3.63) is 298 Å². The molecular formula is C100H136N6. The highest BCUT2D eigenvalue weighted by atomic mass is 15.0. The molecule has 566 valence electrons. The molecule has 0 unspecified atom stereocenters. The van der Waals surface area contributed by atoms with Crippen LogP contribution in [-0.2, 0) is 25.7 Å². The summed E-state index contributed by atoms with van der Waals surface area (Å²) in [7, 11) is 0. The number of benzene rings is 10. The largest absolute Gasteiger partial charge is 0.213 e. The zero-order chi connectivity index (χ0) is 80.1. The smallest absolute Gasteiger partial charge is 0.164 e. The van der Waals surface area contributed by atoms with Crippen molar-refractivity contribution in [3.8, 4) is 90.1 Å². The molecular weight excluding hydrogens is 1290 g/mol. The average Bonchev–Trinajstić information content (AvgIpc) is 1.58. The molecule has 0 radical (unpaired) electrons. The lowest BCUT2D eigenvalue weighted by Crippen LogP contribution is -2.00. The SMILES string of the molecule is CC.CC.CC.CC.CC.CC.CC.CC.CC.CC.CC.CC.CC.Cc1cccc2c1Cc1ccccc1-2.Cc1cccc2c1Cc1ccccc1-2.Cc1nc(-c2ccccc2)nc(-c2cccc3c2-c2ccccc2C3)n1.Cc1nc(-c2ccccc2)nc(-c2cccc3c2-c2ccccc2C3)n1. The molecule has 0 atom stereocenters. The Morgan fingerprint density at radius 1 is 0.179 bits per heavy atom. The van der Waals surface area contributed by atoms with E-state index in [1.165, 1.54) is 100 Å². The summed E-state index contributed by atoms with van der Waals surface area (Å²) >= 11 is 0. The summed E-state index contributed by atoms with van der Waals surface area (Å²) in [6.45, 7) is 60.2. The van der Waals surface area contributed by atoms with Crippen LogP contribution in [0.25, 0.3) is 90.1 Å². The van der Waals surface area contributed by atoms with E-state index < -0.39 is 0 Å². The van der Waals surface area contributed by atoms with Crippen molar-refractivity contribution >= 4 is 0 Å². The predicted molar refractivity (Wildman–Crippen MR) is 474 cm³/mol. The minimum atomic E-state index is 0.719. The highest BCUT2D eigenvalue weighted by Gasteiger charge is 2.26. The van der Waals surface area contributed by atoms with Gasteiger partial charge in [0.05, 0.1) is 0 Å². The van der Waals surface area contributed by atoms with Crippen LogP contribution in [0.2, 0.25) is 0 Å². The van der Waals surface area contributed by atoms with Gasteiger partial charge in [-0.05, 0) is 154 Å². The number of aromatic nitrogens is 6. The van der Waals surface area contributed by atoms with Crippen LogP contribution in [0.5, 0.6) is 0 Å². The average molecular weight is 1420 g/mol. The Morgan fingerprint density at radius 3 is 0.717 bits per heavy atom. The van der Waals surface area contributed by atoms with E-state index in [4.69, 9.17) is 9.97 Å². The molecule has 0 spiro atoms. The molecule has 16 rings (SSSR count). The predicted octanol–water partition coefficient (Wildman–Crippen LogP) is 30.6. The van der Waals surface area contributed by atoms with Crippen LogP contribution in [-0.4, -0.2) is 29.9 Å². The second-order valence-corrected chi connectivity index (χ2v) is 21.0. The molecule has 10 aromatic carbocycles. The van der Waals surface area contributed by atoms with Crippen LogP contribution >= 0.6 is 0 Å². The molecule has 0 fully saturated rings. The molecule has 106 heavy (non-hydrogen) atoms. The summed E-state index contributed by atoms with van der Waals surface area (Å²) in [5.74, 6) is 4.39. The second-order valence-electron chi connectivity index (χ2n) is 21.0. The van der Waals surface area contributed by atoms with Crippen LogP contribution < -0.4 is 0 Å². The van der Waals surface area contributed by atoms with Crippen LogP contribution in [0.15, 0.2) is 231 Å². The van der Waals surface area contributed by atoms with E-state index >= 15 is 0 Å². The number of rotatable bonds is 4. The number of aryl methyl sites for hydroxylation is 4. The van der Waals surface area contributed by atoms with E-state index in [9.17, 15) is 0 Å². The molecule has 0 saturated heterocycles. The molecule has 12 aromatic rings. The first-order valence-corrected chi connectivity index (χ1v) is 40.6. The van der Waals surface area contributed by atoms with Gasteiger partial charge in [0.2, 0.25) is 0 Å². The van der Waals surface area contributed by atoms with Crippen molar-refractivity contribution in [2.24, 2.45) is 0 Å². The fourth-order valence-corrected chi connectivity index (χ4v) is 12.0. The zero-order valence-electron chi connectivity index (χ0n) is 71.5. The Kier molecular flexibility index (Phi) is 51.4. The second kappa shape index (κ2) is 56.6. The lowest BCUT2D eigenvalue weighted by molar-refractivity contribution is 0.991. The van der Waals surface area contributed by atoms with Gasteiger partial charge < -0.3 is 0 Å². The van der Waals surface area contributed by atoms with E-state index in [2.05, 4.69) is 204 Å². The molecule has 4 aliphatic rings. The maximum absolute atomic E-state index is 4.80. The molecule has 4 aliphatic carbocycles. The third kappa shape index (κ3) is 25.8. The van der Waals surface area contributed by atoms with Gasteiger partial charge in [-0.3, -0.25) is 0 Å². The van der Waals surface area contributed by atoms with Gasteiger partial charge in [0.25, 0.3) is 0 Å². The summed E-state index contributed by atoms with van der Waals surface area (Å²) in [6.07, 6.45) is 4.15. The fourth-order valence-electron chi connectivity index (χ4n) is 12.0. The van der Waals surface area contributed by atoms with Gasteiger partial charge in [-0.25, -0.2) is 29.9 Å². The Morgan fingerprint density at radius 2 is 0.406 bits per heavy atom. The van der Waals surface area contributed by atoms with Crippen molar-refractivity contribution in [2.45, 2.75) is 233 Å². The monoisotopic (exact) mass is 1420 g/mol. The highest BCUT2D eigenvalue weighted by Crippen LogP contribution is 2.44. The van der Waals surface area contributed by atoms with Gasteiger partial charge in [0.1, 0.15) is 11.6 Å². The maximum atomic E-state index is 4.80. The summed E-state index contributed by atoms with van der Waals surface area (Å²) in [5.41, 5.74) is 29.2. The lowest BCUT2D eigenvalue weighted by atomic mass is 9.99. The van der Waals surface area contributed by atoms with Gasteiger partial charge in [0, 0.05) is 22.3 Å². The number of nitrogens with zero attached hydrogens (tertiary/aromatic N) is 6. The topological polar surface area (TPSA) is 77.3 Å². The third-order valence-electron chi connectivity index (χ3n) is 15.8. The molecule has 0 N–H and O–H groups in total. The minimum Gasteiger partial charge on any atom is -0.213 e. The Balaban J connectivity index is 0.00000128. The molecule has 0 bridgehead atoms. The van der Waals surface area contributed by atoms with E-state index in [-0.39, 0.29) is 0 Å². The number of fused-ring (bicyclic) bond motifs is 12. The first-order valence-electron chi connectivity index (χ1n) is 40.6. The van der Waals surface area contributed by atoms with E-state index in [1.54, 1.807) is 0 Å². The summed E-state index contributed by atoms with van der Waals surface area (Å²) in [5, 5.41) is 0. The van der Waals surface area contributed by atoms with Crippen molar-refractivity contribution in [2.75, 3.05) is 0 Å². The van der Waals surface area contributed by atoms with E-state index in [1.807, 2.05) is 255 Å². The molecule has 6 heteroatoms. The number of hydrogen-bond donors (Lipinski definition) is 0. The fraction of sp³-hybridized carbons (Fsp3) is 0.340. The van der Waals surface area contributed by atoms with Crippen LogP contribution in [0, 0.1) is 27.7 Å². The lowest BCUT2D eigenvalue weighted by Gasteiger charge is -2.10. The molecule has 2 heterocycles. The minimum absolute atomic E-state index is 0.719. The van der Waals surface area contributed by atoms with Crippen LogP contribution in [0.4, 0.5) is 0 Å². The highest BCUT2D eigenvalue weighted by molar-refractivity contribution is 5.90. The molecule has 0 saturated carbocycles.